The van der Waals surface area contributed by atoms with E-state index in [9.17, 15) is 14.4 Å². The number of carboxylic acids is 1. The van der Waals surface area contributed by atoms with Crippen LogP contribution >= 0.6 is 22.9 Å². The Labute approximate surface area is 203 Å². The Hall–Kier alpha value is -3.43. The van der Waals surface area contributed by atoms with Gasteiger partial charge in [0.05, 0.1) is 17.5 Å². The summed E-state index contributed by atoms with van der Waals surface area (Å²) in [4.78, 5) is 18.5. The summed E-state index contributed by atoms with van der Waals surface area (Å²) < 4.78 is 15.6. The number of halogens is 2. The van der Waals surface area contributed by atoms with Crippen LogP contribution in [0.2, 0.25) is 5.02 Å². The van der Waals surface area contributed by atoms with Gasteiger partial charge in [-0.1, -0.05) is 24.4 Å². The van der Waals surface area contributed by atoms with Gasteiger partial charge in [0.2, 0.25) is 11.9 Å². The average molecular weight is 500 g/mol. The van der Waals surface area contributed by atoms with Crippen LogP contribution < -0.4 is 10.5 Å². The number of aromatic nitrogens is 3. The fraction of sp³-hybridized carbons (Fsp3) is 0.208. The molecule has 0 radical (unpaired) electrons. The van der Waals surface area contributed by atoms with Gasteiger partial charge < -0.3 is 15.8 Å². The summed E-state index contributed by atoms with van der Waals surface area (Å²) in [7, 11) is 0. The molecule has 3 aromatic heterocycles. The highest BCUT2D eigenvalue weighted by atomic mass is 35.5. The number of anilines is 1. The molecule has 10 heteroatoms. The molecule has 1 unspecified atom stereocenters. The fourth-order valence-corrected chi connectivity index (χ4v) is 5.05. The highest BCUT2D eigenvalue weighted by Crippen LogP contribution is 2.41. The van der Waals surface area contributed by atoms with Crippen LogP contribution in [-0.4, -0.2) is 26.3 Å². The van der Waals surface area contributed by atoms with E-state index in [1.54, 1.807) is 24.4 Å². The number of benzene rings is 1. The molecule has 3 heterocycles. The van der Waals surface area contributed by atoms with Crippen molar-refractivity contribution in [2.24, 2.45) is 5.92 Å². The molecule has 0 amide bonds. The summed E-state index contributed by atoms with van der Waals surface area (Å²) in [5.74, 6) is -1.27. The third kappa shape index (κ3) is 4.24. The molecule has 1 aliphatic carbocycles. The highest BCUT2D eigenvalue weighted by molar-refractivity contribution is 7.12. The summed E-state index contributed by atoms with van der Waals surface area (Å²) in [5.41, 5.74) is 9.23. The highest BCUT2D eigenvalue weighted by Gasteiger charge is 2.35. The van der Waals surface area contributed by atoms with Crippen LogP contribution in [0.1, 0.15) is 46.4 Å². The maximum atomic E-state index is 14.6. The number of hydrogen-bond acceptors (Lipinski definition) is 5. The number of rotatable bonds is 7. The number of aromatic amines is 1. The number of pyridine rings is 1. The van der Waals surface area contributed by atoms with Crippen LogP contribution in [0, 0.1) is 11.7 Å². The van der Waals surface area contributed by atoms with Crippen molar-refractivity contribution >= 4 is 34.6 Å². The van der Waals surface area contributed by atoms with E-state index in [2.05, 4.69) is 9.97 Å². The molecule has 1 aromatic carbocycles. The van der Waals surface area contributed by atoms with Gasteiger partial charge in [0, 0.05) is 38.0 Å². The second-order valence-electron chi connectivity index (χ2n) is 8.43. The van der Waals surface area contributed by atoms with Gasteiger partial charge in [-0.25, -0.2) is 14.2 Å². The van der Waals surface area contributed by atoms with Gasteiger partial charge in [0.25, 0.3) is 0 Å². The Morgan fingerprint density at radius 1 is 1.32 bits per heavy atom. The maximum absolute atomic E-state index is 14.6. The van der Waals surface area contributed by atoms with Gasteiger partial charge in [0.15, 0.2) is 5.82 Å². The number of nitrogens with zero attached hydrogens (tertiary/aromatic N) is 2. The van der Waals surface area contributed by atoms with Gasteiger partial charge in [-0.3, -0.25) is 5.21 Å². The van der Waals surface area contributed by atoms with Gasteiger partial charge >= 0.3 is 5.97 Å². The minimum absolute atomic E-state index is 0.162. The molecular weight excluding hydrogens is 479 g/mol. The molecule has 0 aliphatic heterocycles. The van der Waals surface area contributed by atoms with Crippen molar-refractivity contribution < 1.29 is 24.2 Å². The number of aromatic carboxylic acids is 1. The molecule has 1 saturated carbocycles. The first-order chi connectivity index (χ1) is 16.3. The average Bonchev–Trinajstić information content (AvgIpc) is 3.34. The van der Waals surface area contributed by atoms with E-state index in [0.717, 1.165) is 35.3 Å². The van der Waals surface area contributed by atoms with Gasteiger partial charge in [-0.2, -0.15) is 0 Å². The lowest BCUT2D eigenvalue weighted by Gasteiger charge is -2.12. The molecule has 174 valence electrons. The number of nitrogens with two attached hydrogens (primary N) is 1. The molecule has 34 heavy (non-hydrogen) atoms. The van der Waals surface area contributed by atoms with Crippen molar-refractivity contribution in [2.45, 2.75) is 25.2 Å². The summed E-state index contributed by atoms with van der Waals surface area (Å²) in [6.45, 7) is 0. The van der Waals surface area contributed by atoms with Crippen LogP contribution in [0.4, 0.5) is 10.1 Å². The SMILES string of the molecule is Nc1ccc(Cl)cc1-c1ccc(C(CC2CC2)c2ncc(-c3csc(C(=O)O)c3F)[nH]2)[n+](O)c1. The van der Waals surface area contributed by atoms with Crippen molar-refractivity contribution in [3.05, 3.63) is 75.3 Å². The second kappa shape index (κ2) is 8.73. The van der Waals surface area contributed by atoms with E-state index in [1.165, 1.54) is 11.6 Å². The Bertz CT molecular complexity index is 1400. The van der Waals surface area contributed by atoms with Crippen molar-refractivity contribution in [1.29, 1.82) is 0 Å². The second-order valence-corrected chi connectivity index (χ2v) is 9.75. The van der Waals surface area contributed by atoms with Gasteiger partial charge in [0.1, 0.15) is 16.6 Å². The van der Waals surface area contributed by atoms with Crippen molar-refractivity contribution in [3.8, 4) is 22.4 Å². The minimum atomic E-state index is -1.30. The molecule has 1 fully saturated rings. The molecule has 7 nitrogen and oxygen atoms in total. The zero-order valence-electron chi connectivity index (χ0n) is 17.8. The van der Waals surface area contributed by atoms with E-state index in [1.807, 2.05) is 12.1 Å². The predicted molar refractivity (Wildman–Crippen MR) is 127 cm³/mol. The number of thiophene rings is 1. The summed E-state index contributed by atoms with van der Waals surface area (Å²) in [5, 5.41) is 22.0. The smallest absolute Gasteiger partial charge is 0.348 e. The molecule has 4 aromatic rings. The van der Waals surface area contributed by atoms with E-state index in [-0.39, 0.29) is 16.4 Å². The molecule has 0 spiro atoms. The molecule has 1 aliphatic rings. The van der Waals surface area contributed by atoms with E-state index in [0.29, 0.717) is 45.0 Å². The van der Waals surface area contributed by atoms with E-state index in [4.69, 9.17) is 22.4 Å². The van der Waals surface area contributed by atoms with Crippen LogP contribution in [0.3, 0.4) is 0 Å². The number of H-pyrrole nitrogens is 1. The molecule has 5 N–H and O–H groups in total. The minimum Gasteiger partial charge on any atom is -0.477 e. The zero-order chi connectivity index (χ0) is 24.0. The van der Waals surface area contributed by atoms with Gasteiger partial charge in [-0.05, 0) is 36.6 Å². The van der Waals surface area contributed by atoms with Crippen LogP contribution in [0.15, 0.2) is 48.1 Å². The fourth-order valence-electron chi connectivity index (χ4n) is 4.09. The molecule has 0 saturated heterocycles. The van der Waals surface area contributed by atoms with E-state index < -0.39 is 11.8 Å². The van der Waals surface area contributed by atoms with Crippen molar-refractivity contribution in [3.63, 3.8) is 0 Å². The molecular formula is C24H21ClFN4O3S+. The van der Waals surface area contributed by atoms with Crippen molar-refractivity contribution in [1.82, 2.24) is 9.97 Å². The summed E-state index contributed by atoms with van der Waals surface area (Å²) >= 11 is 6.95. The first-order valence-corrected chi connectivity index (χ1v) is 11.9. The van der Waals surface area contributed by atoms with Crippen LogP contribution in [-0.2, 0) is 0 Å². The lowest BCUT2D eigenvalue weighted by Crippen LogP contribution is -2.37. The normalized spacial score (nSPS) is 14.3. The van der Waals surface area contributed by atoms with Crippen LogP contribution in [0.25, 0.3) is 22.4 Å². The number of carboxylic acid groups (broad SMARTS) is 1. The molecule has 1 atom stereocenters. The maximum Gasteiger partial charge on any atom is 0.348 e. The number of nitrogen functional groups attached to an aromatic ring is 1. The standard InChI is InChI=1S/C24H20ClFN4O3S/c25-14-4-5-18(27)15(8-14)13-3-6-20(30(33)10-13)16(7-12-1-2-12)23-28-9-19(29-23)17-11-34-22(21(17)26)24(31)32/h3-6,8-12,16H,1-2,7,27H2,(H2-,28,29,31,32,33)/p+1. The first kappa shape index (κ1) is 22.4. The lowest BCUT2D eigenvalue weighted by molar-refractivity contribution is -0.909. The third-order valence-electron chi connectivity index (χ3n) is 6.05. The number of hydrogen-bond donors (Lipinski definition) is 4. The Kier molecular flexibility index (Phi) is 5.75. The Balaban J connectivity index is 1.51. The number of nitrogens with one attached hydrogen (secondary N) is 1. The monoisotopic (exact) mass is 499 g/mol. The largest absolute Gasteiger partial charge is 0.477 e. The first-order valence-electron chi connectivity index (χ1n) is 10.7. The van der Waals surface area contributed by atoms with Crippen LogP contribution in [0.5, 0.6) is 0 Å². The Morgan fingerprint density at radius 3 is 2.79 bits per heavy atom. The van der Waals surface area contributed by atoms with E-state index >= 15 is 0 Å². The zero-order valence-corrected chi connectivity index (χ0v) is 19.4. The third-order valence-corrected chi connectivity index (χ3v) is 7.23. The predicted octanol–water partition coefficient (Wildman–Crippen LogP) is 5.33. The summed E-state index contributed by atoms with van der Waals surface area (Å²) in [6, 6.07) is 8.85. The topological polar surface area (TPSA) is 116 Å². The summed E-state index contributed by atoms with van der Waals surface area (Å²) in [6.07, 6.45) is 6.05. The lowest BCUT2D eigenvalue weighted by atomic mass is 9.95. The van der Waals surface area contributed by atoms with Crippen molar-refractivity contribution in [2.75, 3.05) is 5.73 Å². The molecule has 5 rings (SSSR count). The Morgan fingerprint density at radius 2 is 2.12 bits per heavy atom. The number of carbonyl (C=O) groups is 1. The molecule has 0 bridgehead atoms. The van der Waals surface area contributed by atoms with Gasteiger partial charge in [-0.15, -0.1) is 11.3 Å². The quantitative estimate of drug-likeness (QED) is 0.156. The number of imidazole rings is 1.